The largest absolute Gasteiger partial charge is 0.463 e. The Bertz CT molecular complexity index is 169. The van der Waals surface area contributed by atoms with Gasteiger partial charge in [0.1, 0.15) is 6.61 Å². The van der Waals surface area contributed by atoms with Gasteiger partial charge in [-0.3, -0.25) is 4.79 Å². The molecule has 0 aliphatic carbocycles. The van der Waals surface area contributed by atoms with Crippen LogP contribution in [0.25, 0.3) is 0 Å². The van der Waals surface area contributed by atoms with Crippen molar-refractivity contribution in [3.63, 3.8) is 0 Å². The zero-order chi connectivity index (χ0) is 6.53. The summed E-state index contributed by atoms with van der Waals surface area (Å²) in [5, 5.41) is 3.90. The normalized spacial score (nSPS) is 8.89. The molecule has 0 fully saturated rings. The van der Waals surface area contributed by atoms with Crippen molar-refractivity contribution >= 4 is 17.8 Å². The highest BCUT2D eigenvalue weighted by molar-refractivity contribution is 7.07. The molecule has 0 atom stereocenters. The van der Waals surface area contributed by atoms with E-state index in [-0.39, 0.29) is 0 Å². The van der Waals surface area contributed by atoms with Gasteiger partial charge in [-0.15, -0.1) is 0 Å². The highest BCUT2D eigenvalue weighted by Crippen LogP contribution is 2.05. The summed E-state index contributed by atoms with van der Waals surface area (Å²) in [6, 6.07) is 1.92. The van der Waals surface area contributed by atoms with Crippen molar-refractivity contribution in [2.24, 2.45) is 0 Å². The van der Waals surface area contributed by atoms with Crippen molar-refractivity contribution in [3.8, 4) is 0 Å². The van der Waals surface area contributed by atoms with Gasteiger partial charge in [0, 0.05) is 5.56 Å². The Kier molecular flexibility index (Phi) is 2.27. The summed E-state index contributed by atoms with van der Waals surface area (Å²) in [7, 11) is 0. The molecule has 0 bridgehead atoms. The lowest BCUT2D eigenvalue weighted by atomic mass is 10.4. The van der Waals surface area contributed by atoms with E-state index in [2.05, 4.69) is 4.74 Å². The Balaban J connectivity index is 2.38. The Hall–Kier alpha value is -0.830. The molecule has 0 spiro atoms. The van der Waals surface area contributed by atoms with Crippen LogP contribution in [0.5, 0.6) is 0 Å². The number of hydrogen-bond acceptors (Lipinski definition) is 3. The SMILES string of the molecule is O=COCc1ccsc1. The third-order valence-electron chi connectivity index (χ3n) is 0.898. The van der Waals surface area contributed by atoms with Gasteiger partial charge in [-0.05, 0) is 16.8 Å². The number of thiophene rings is 1. The van der Waals surface area contributed by atoms with Gasteiger partial charge in [-0.25, -0.2) is 0 Å². The van der Waals surface area contributed by atoms with E-state index in [0.29, 0.717) is 13.1 Å². The van der Waals surface area contributed by atoms with E-state index in [0.717, 1.165) is 5.56 Å². The van der Waals surface area contributed by atoms with Gasteiger partial charge in [-0.1, -0.05) is 0 Å². The molecular weight excluding hydrogens is 136 g/mol. The minimum absolute atomic E-state index is 0.396. The highest BCUT2D eigenvalue weighted by Gasteiger charge is 1.89. The predicted molar refractivity (Wildman–Crippen MR) is 35.2 cm³/mol. The molecule has 3 heteroatoms. The first-order chi connectivity index (χ1) is 4.43. The maximum atomic E-state index is 9.68. The number of carbonyl (C=O) groups excluding carboxylic acids is 1. The fourth-order valence-electron chi connectivity index (χ4n) is 0.505. The van der Waals surface area contributed by atoms with E-state index in [1.54, 1.807) is 11.3 Å². The summed E-state index contributed by atoms with van der Waals surface area (Å²) in [6.07, 6.45) is 0. The average Bonchev–Trinajstić information content (AvgIpc) is 2.34. The third kappa shape index (κ3) is 1.85. The predicted octanol–water partition coefficient (Wildman–Crippen LogP) is 1.42. The minimum atomic E-state index is 0.396. The molecule has 9 heavy (non-hydrogen) atoms. The zero-order valence-electron chi connectivity index (χ0n) is 4.74. The van der Waals surface area contributed by atoms with Crippen molar-refractivity contribution in [3.05, 3.63) is 22.4 Å². The molecule has 0 aliphatic rings. The summed E-state index contributed by atoms with van der Waals surface area (Å²) in [4.78, 5) is 9.68. The van der Waals surface area contributed by atoms with Crippen LogP contribution in [-0.2, 0) is 16.1 Å². The molecule has 0 unspecified atom stereocenters. The molecule has 1 aromatic heterocycles. The van der Waals surface area contributed by atoms with Gasteiger partial charge in [0.15, 0.2) is 0 Å². The lowest BCUT2D eigenvalue weighted by Crippen LogP contribution is -1.85. The van der Waals surface area contributed by atoms with Gasteiger partial charge < -0.3 is 4.74 Å². The standard InChI is InChI=1S/C6H6O2S/c7-5-8-3-6-1-2-9-4-6/h1-2,4-5H,3H2. The molecule has 0 amide bonds. The molecule has 0 saturated carbocycles. The van der Waals surface area contributed by atoms with Gasteiger partial charge >= 0.3 is 0 Å². The van der Waals surface area contributed by atoms with Crippen LogP contribution >= 0.6 is 11.3 Å². The molecule has 0 aliphatic heterocycles. The fourth-order valence-corrected chi connectivity index (χ4v) is 1.16. The van der Waals surface area contributed by atoms with Gasteiger partial charge in [0.2, 0.25) is 0 Å². The monoisotopic (exact) mass is 142 g/mol. The molecule has 0 saturated heterocycles. The number of rotatable bonds is 3. The lowest BCUT2D eigenvalue weighted by Gasteiger charge is -1.90. The van der Waals surface area contributed by atoms with Gasteiger partial charge in [-0.2, -0.15) is 11.3 Å². The Labute approximate surface area is 57.1 Å². The van der Waals surface area contributed by atoms with Crippen LogP contribution in [0.1, 0.15) is 5.56 Å². The maximum absolute atomic E-state index is 9.68. The molecule has 1 heterocycles. The van der Waals surface area contributed by atoms with Crippen molar-refractivity contribution in [1.82, 2.24) is 0 Å². The van der Waals surface area contributed by atoms with E-state index in [4.69, 9.17) is 0 Å². The summed E-state index contributed by atoms with van der Waals surface area (Å²) >= 11 is 1.59. The minimum Gasteiger partial charge on any atom is -0.463 e. The van der Waals surface area contributed by atoms with Crippen molar-refractivity contribution in [2.45, 2.75) is 6.61 Å². The summed E-state index contributed by atoms with van der Waals surface area (Å²) < 4.78 is 4.50. The topological polar surface area (TPSA) is 26.3 Å². The first-order valence-electron chi connectivity index (χ1n) is 2.50. The number of carbonyl (C=O) groups is 1. The average molecular weight is 142 g/mol. The van der Waals surface area contributed by atoms with Crippen LogP contribution < -0.4 is 0 Å². The Morgan fingerprint density at radius 3 is 3.22 bits per heavy atom. The van der Waals surface area contributed by atoms with Gasteiger partial charge in [0.05, 0.1) is 0 Å². The Morgan fingerprint density at radius 1 is 1.78 bits per heavy atom. The lowest BCUT2D eigenvalue weighted by molar-refractivity contribution is -0.129. The van der Waals surface area contributed by atoms with Gasteiger partial charge in [0.25, 0.3) is 6.47 Å². The smallest absolute Gasteiger partial charge is 0.293 e. The van der Waals surface area contributed by atoms with Crippen LogP contribution in [-0.4, -0.2) is 6.47 Å². The summed E-state index contributed by atoms with van der Waals surface area (Å²) in [5.41, 5.74) is 1.05. The Morgan fingerprint density at radius 2 is 2.67 bits per heavy atom. The van der Waals surface area contributed by atoms with Crippen LogP contribution in [0.4, 0.5) is 0 Å². The van der Waals surface area contributed by atoms with Crippen molar-refractivity contribution in [1.29, 1.82) is 0 Å². The molecule has 48 valence electrons. The molecule has 1 rings (SSSR count). The van der Waals surface area contributed by atoms with E-state index >= 15 is 0 Å². The molecule has 0 aromatic carbocycles. The molecular formula is C6H6O2S. The second-order valence-corrected chi connectivity index (χ2v) is 2.32. The van der Waals surface area contributed by atoms with E-state index < -0.39 is 0 Å². The van der Waals surface area contributed by atoms with Crippen LogP contribution in [0, 0.1) is 0 Å². The maximum Gasteiger partial charge on any atom is 0.293 e. The first-order valence-corrected chi connectivity index (χ1v) is 3.44. The third-order valence-corrected chi connectivity index (χ3v) is 1.63. The van der Waals surface area contributed by atoms with E-state index in [9.17, 15) is 4.79 Å². The molecule has 2 nitrogen and oxygen atoms in total. The van der Waals surface area contributed by atoms with Crippen molar-refractivity contribution in [2.75, 3.05) is 0 Å². The summed E-state index contributed by atoms with van der Waals surface area (Å²) in [5.74, 6) is 0. The molecule has 0 N–H and O–H groups in total. The first kappa shape index (κ1) is 6.29. The summed E-state index contributed by atoms with van der Waals surface area (Å²) in [6.45, 7) is 0.852. The fraction of sp³-hybridized carbons (Fsp3) is 0.167. The quantitative estimate of drug-likeness (QED) is 0.596. The van der Waals surface area contributed by atoms with E-state index in [1.807, 2.05) is 16.8 Å². The van der Waals surface area contributed by atoms with E-state index in [1.165, 1.54) is 0 Å². The van der Waals surface area contributed by atoms with Crippen LogP contribution in [0.15, 0.2) is 16.8 Å². The van der Waals surface area contributed by atoms with Crippen LogP contribution in [0.3, 0.4) is 0 Å². The zero-order valence-corrected chi connectivity index (χ0v) is 5.56. The van der Waals surface area contributed by atoms with Crippen molar-refractivity contribution < 1.29 is 9.53 Å². The number of ether oxygens (including phenoxy) is 1. The molecule has 1 aromatic rings. The van der Waals surface area contributed by atoms with Crippen LogP contribution in [0.2, 0.25) is 0 Å². The second kappa shape index (κ2) is 3.25. The highest BCUT2D eigenvalue weighted by atomic mass is 32.1. The molecule has 0 radical (unpaired) electrons. The second-order valence-electron chi connectivity index (χ2n) is 1.54. The number of hydrogen-bond donors (Lipinski definition) is 0.